The van der Waals surface area contributed by atoms with E-state index in [1.54, 1.807) is 31.3 Å². The van der Waals surface area contributed by atoms with E-state index in [4.69, 9.17) is 18.9 Å². The lowest BCUT2D eigenvalue weighted by molar-refractivity contribution is -0.118. The molecule has 0 aromatic heterocycles. The first-order valence-electron chi connectivity index (χ1n) is 24.2. The molecule has 2 heterocycles. The molecular weight excluding hydrogens is 849 g/mol. The highest BCUT2D eigenvalue weighted by molar-refractivity contribution is 6.02. The van der Waals surface area contributed by atoms with Crippen LogP contribution in [0.25, 0.3) is 23.3 Å². The van der Waals surface area contributed by atoms with Crippen molar-refractivity contribution in [3.05, 3.63) is 159 Å². The first-order chi connectivity index (χ1) is 33.1. The van der Waals surface area contributed by atoms with Crippen LogP contribution in [0.3, 0.4) is 0 Å². The number of carbonyl (C=O) groups excluding carboxylic acids is 3. The number of methoxy groups -OCH3 is 2. The third kappa shape index (κ3) is 10.4. The minimum Gasteiger partial charge on any atom is -0.493 e. The average Bonchev–Trinajstić information content (AvgIpc) is 3.79. The number of hydrogen-bond acceptors (Lipinski definition) is 7. The predicted molar refractivity (Wildman–Crippen MR) is 269 cm³/mol. The van der Waals surface area contributed by atoms with Crippen LogP contribution in [-0.2, 0) is 11.2 Å². The van der Waals surface area contributed by atoms with E-state index in [2.05, 4.69) is 59.3 Å². The second-order valence-corrected chi connectivity index (χ2v) is 18.8. The summed E-state index contributed by atoms with van der Waals surface area (Å²) < 4.78 is 24.0. The number of carbonyl (C=O) groups is 3. The SMILES string of the molecule is COc1cc2c(cc1OCCCOc1cc3c(cc1OC)C(=O)N1C=C(c4ccc(NC(=O)C(C)C)cc4)C[C@H]1C=C=C3)C=C=C[C@@H]1CC(c3ccc(CC4CCCCC4)cc3)=CC=C1CC2=O. The number of anilines is 1. The van der Waals surface area contributed by atoms with Crippen LogP contribution in [0.1, 0.15) is 120 Å². The lowest BCUT2D eigenvalue weighted by Gasteiger charge is -2.23. The van der Waals surface area contributed by atoms with E-state index in [0.29, 0.717) is 72.2 Å². The fourth-order valence-corrected chi connectivity index (χ4v) is 9.86. The van der Waals surface area contributed by atoms with Crippen LogP contribution in [0.5, 0.6) is 23.0 Å². The topological polar surface area (TPSA) is 103 Å². The lowest BCUT2D eigenvalue weighted by Crippen LogP contribution is -2.32. The number of benzene rings is 4. The van der Waals surface area contributed by atoms with Gasteiger partial charge in [0.05, 0.1) is 39.0 Å². The van der Waals surface area contributed by atoms with Crippen molar-refractivity contribution in [1.82, 2.24) is 4.90 Å². The van der Waals surface area contributed by atoms with Gasteiger partial charge in [-0.3, -0.25) is 14.4 Å². The van der Waals surface area contributed by atoms with Crippen LogP contribution in [0.15, 0.2) is 120 Å². The van der Waals surface area contributed by atoms with E-state index in [9.17, 15) is 14.4 Å². The highest BCUT2D eigenvalue weighted by Gasteiger charge is 2.32. The van der Waals surface area contributed by atoms with Crippen LogP contribution in [0.2, 0.25) is 0 Å². The molecule has 9 nitrogen and oxygen atoms in total. The number of Topliss-reactive ketones (excluding diaryl/α,β-unsaturated/α-hetero) is 1. The molecule has 5 aliphatic rings. The molecule has 0 bridgehead atoms. The summed E-state index contributed by atoms with van der Waals surface area (Å²) in [7, 11) is 3.14. The Morgan fingerprint density at radius 1 is 0.735 bits per heavy atom. The van der Waals surface area contributed by atoms with Gasteiger partial charge in [-0.15, -0.1) is 11.5 Å². The molecule has 2 aliphatic heterocycles. The van der Waals surface area contributed by atoms with E-state index < -0.39 is 0 Å². The number of ketones is 1. The largest absolute Gasteiger partial charge is 0.493 e. The summed E-state index contributed by atoms with van der Waals surface area (Å²) in [6, 6.07) is 23.8. The fourth-order valence-electron chi connectivity index (χ4n) is 9.86. The monoisotopic (exact) mass is 908 g/mol. The number of nitrogens with zero attached hydrogens (tertiary/aromatic N) is 1. The zero-order valence-corrected chi connectivity index (χ0v) is 39.6. The second kappa shape index (κ2) is 20.9. The molecule has 4 aromatic carbocycles. The Bertz CT molecular complexity index is 2810. The van der Waals surface area contributed by atoms with Gasteiger partial charge in [0.25, 0.3) is 5.91 Å². The van der Waals surface area contributed by atoms with Gasteiger partial charge in [0.15, 0.2) is 28.8 Å². The summed E-state index contributed by atoms with van der Waals surface area (Å²) in [6.45, 7) is 4.35. The van der Waals surface area contributed by atoms with Crippen LogP contribution >= 0.6 is 0 Å². The van der Waals surface area contributed by atoms with Crippen molar-refractivity contribution in [2.24, 2.45) is 17.8 Å². The Kier molecular flexibility index (Phi) is 14.1. The number of allylic oxidation sites excluding steroid dienone is 5. The molecule has 2 atom stereocenters. The van der Waals surface area contributed by atoms with Crippen molar-refractivity contribution >= 4 is 46.6 Å². The van der Waals surface area contributed by atoms with Gasteiger partial charge in [-0.2, -0.15) is 0 Å². The van der Waals surface area contributed by atoms with E-state index >= 15 is 0 Å². The molecule has 9 heteroatoms. The van der Waals surface area contributed by atoms with Crippen molar-refractivity contribution in [2.75, 3.05) is 32.8 Å². The summed E-state index contributed by atoms with van der Waals surface area (Å²) in [5.74, 6) is 2.57. The molecule has 1 fully saturated rings. The fraction of sp³-hybridized carbons (Fsp3) is 0.339. The second-order valence-electron chi connectivity index (χ2n) is 18.8. The van der Waals surface area contributed by atoms with Gasteiger partial charge in [-0.25, -0.2) is 0 Å². The van der Waals surface area contributed by atoms with E-state index in [1.807, 2.05) is 74.7 Å². The lowest BCUT2D eigenvalue weighted by atomic mass is 9.81. The minimum atomic E-state index is -0.193. The first kappa shape index (κ1) is 46.1. The van der Waals surface area contributed by atoms with Gasteiger partial charge in [0, 0.05) is 42.1 Å². The van der Waals surface area contributed by atoms with E-state index in [1.165, 1.54) is 55.2 Å². The first-order valence-corrected chi connectivity index (χ1v) is 24.2. The molecule has 348 valence electrons. The standard InChI is InChI=1S/C59H60N2O7/c1-38(2)58(63)60-49-25-23-42(24-26-49)48-31-50-16-9-15-47-34-57(55(66-4)36-52(47)59(64)61(50)37-48)68-28-10-27-67-56-33-46-14-8-13-43-30-44(21-22-45(43)32-53(62)51(46)35-54(56)65-3)41-19-17-40(18-20-41)29-39-11-6-5-7-12-39/h13-26,33-39,43,50H,5-7,10-12,27-32H2,1-4H3,(H,60,63)/t8?,9?,43-,50-/m1/s1. The summed E-state index contributed by atoms with van der Waals surface area (Å²) >= 11 is 0. The average molecular weight is 909 g/mol. The van der Waals surface area contributed by atoms with Crippen LogP contribution < -0.4 is 24.3 Å². The molecule has 0 spiro atoms. The number of fused-ring (bicyclic) bond motifs is 4. The summed E-state index contributed by atoms with van der Waals surface area (Å²) in [4.78, 5) is 41.9. The predicted octanol–water partition coefficient (Wildman–Crippen LogP) is 12.5. The third-order valence-corrected chi connectivity index (χ3v) is 13.8. The third-order valence-electron chi connectivity index (χ3n) is 13.8. The Morgan fingerprint density at radius 3 is 2.04 bits per heavy atom. The van der Waals surface area contributed by atoms with Gasteiger partial charge >= 0.3 is 0 Å². The van der Waals surface area contributed by atoms with Crippen LogP contribution in [0, 0.1) is 17.8 Å². The zero-order chi connectivity index (χ0) is 47.1. The van der Waals surface area contributed by atoms with E-state index in [0.717, 1.165) is 40.3 Å². The molecule has 4 aromatic rings. The van der Waals surface area contributed by atoms with Gasteiger partial charge in [-0.1, -0.05) is 100 Å². The zero-order valence-electron chi connectivity index (χ0n) is 39.6. The minimum absolute atomic E-state index is 0.0297. The highest BCUT2D eigenvalue weighted by atomic mass is 16.5. The van der Waals surface area contributed by atoms with Gasteiger partial charge in [0.1, 0.15) is 0 Å². The number of amides is 2. The van der Waals surface area contributed by atoms with Gasteiger partial charge in [-0.05, 0) is 125 Å². The van der Waals surface area contributed by atoms with Crippen LogP contribution in [0.4, 0.5) is 5.69 Å². The van der Waals surface area contributed by atoms with Crippen molar-refractivity contribution in [3.8, 4) is 23.0 Å². The van der Waals surface area contributed by atoms with Crippen molar-refractivity contribution in [2.45, 2.75) is 84.1 Å². The quantitative estimate of drug-likeness (QED) is 0.0993. The molecule has 2 amide bonds. The number of rotatable bonds is 14. The Morgan fingerprint density at radius 2 is 1.37 bits per heavy atom. The molecule has 0 unspecified atom stereocenters. The number of nitrogens with one attached hydrogen (secondary N) is 1. The maximum absolute atomic E-state index is 14.1. The molecule has 1 saturated carbocycles. The number of hydrogen-bond donors (Lipinski definition) is 1. The molecule has 3 aliphatic carbocycles. The molecule has 9 rings (SSSR count). The van der Waals surface area contributed by atoms with Gasteiger partial charge in [0.2, 0.25) is 5.91 Å². The molecule has 0 saturated heterocycles. The highest BCUT2D eigenvalue weighted by Crippen LogP contribution is 2.40. The smallest absolute Gasteiger partial charge is 0.259 e. The summed E-state index contributed by atoms with van der Waals surface area (Å²) in [5, 5.41) is 2.93. The molecule has 1 N–H and O–H groups in total. The number of ether oxygens (including phenoxy) is 4. The van der Waals surface area contributed by atoms with Crippen molar-refractivity contribution < 1.29 is 33.3 Å². The normalized spacial score (nSPS) is 18.7. The summed E-state index contributed by atoms with van der Waals surface area (Å²) in [5.41, 5.74) is 16.9. The molecule has 68 heavy (non-hydrogen) atoms. The Hall–Kier alpha value is -7.05. The Labute approximate surface area is 400 Å². The maximum Gasteiger partial charge on any atom is 0.259 e. The molecular formula is C59H60N2O7. The maximum atomic E-state index is 14.1. The van der Waals surface area contributed by atoms with E-state index in [-0.39, 0.29) is 35.5 Å². The van der Waals surface area contributed by atoms with Gasteiger partial charge < -0.3 is 29.2 Å². The van der Waals surface area contributed by atoms with Crippen LogP contribution in [-0.4, -0.2) is 56.0 Å². The van der Waals surface area contributed by atoms with Crippen molar-refractivity contribution in [1.29, 1.82) is 0 Å². The Balaban J connectivity index is 0.823. The summed E-state index contributed by atoms with van der Waals surface area (Å²) in [6.07, 6.45) is 24.2. The molecule has 0 radical (unpaired) electrons. The van der Waals surface area contributed by atoms with Crippen molar-refractivity contribution in [3.63, 3.8) is 0 Å².